The van der Waals surface area contributed by atoms with Crippen molar-refractivity contribution in [2.45, 2.75) is 26.8 Å². The fraction of sp³-hybridized carbons (Fsp3) is 0.182. The largest absolute Gasteiger partial charge is 0.494 e. The van der Waals surface area contributed by atoms with Crippen molar-refractivity contribution >= 4 is 44.9 Å². The Morgan fingerprint density at radius 3 is 2.23 bits per heavy atom. The SMILES string of the molecule is CCOC(=O)C1=C(C)N=c2s/c(=C\c3c4ccccc4cc4ccccc34)c(=O)n2[C@H]1c1ccc(OCC)cc1. The van der Waals surface area contributed by atoms with E-state index < -0.39 is 12.0 Å². The number of thiazole rings is 1. The maximum Gasteiger partial charge on any atom is 0.338 e. The Morgan fingerprint density at radius 1 is 0.950 bits per heavy atom. The molecule has 0 radical (unpaired) electrons. The number of esters is 1. The molecule has 40 heavy (non-hydrogen) atoms. The van der Waals surface area contributed by atoms with Gasteiger partial charge in [0, 0.05) is 0 Å². The van der Waals surface area contributed by atoms with Gasteiger partial charge in [0.15, 0.2) is 4.80 Å². The highest BCUT2D eigenvalue weighted by Gasteiger charge is 2.33. The molecule has 0 spiro atoms. The average Bonchev–Trinajstić information content (AvgIpc) is 3.27. The number of benzene rings is 4. The van der Waals surface area contributed by atoms with Gasteiger partial charge < -0.3 is 9.47 Å². The molecule has 7 heteroatoms. The van der Waals surface area contributed by atoms with E-state index in [2.05, 4.69) is 30.3 Å². The molecule has 0 fully saturated rings. The monoisotopic (exact) mass is 548 g/mol. The summed E-state index contributed by atoms with van der Waals surface area (Å²) in [4.78, 5) is 32.6. The molecule has 1 aromatic heterocycles. The molecule has 0 saturated carbocycles. The second-order valence-corrected chi connectivity index (χ2v) is 10.5. The second kappa shape index (κ2) is 10.6. The minimum Gasteiger partial charge on any atom is -0.494 e. The van der Waals surface area contributed by atoms with Gasteiger partial charge >= 0.3 is 5.97 Å². The Bertz CT molecular complexity index is 1930. The van der Waals surface area contributed by atoms with Crippen molar-refractivity contribution in [3.05, 3.63) is 121 Å². The third-order valence-corrected chi connectivity index (χ3v) is 8.10. The van der Waals surface area contributed by atoms with Crippen LogP contribution in [0.25, 0.3) is 27.6 Å². The number of rotatable bonds is 6. The van der Waals surface area contributed by atoms with Crippen molar-refractivity contribution in [1.82, 2.24) is 4.57 Å². The van der Waals surface area contributed by atoms with E-state index in [0.29, 0.717) is 27.2 Å². The number of aromatic nitrogens is 1. The molecule has 0 amide bonds. The van der Waals surface area contributed by atoms with Crippen LogP contribution in [0, 0.1) is 0 Å². The number of hydrogen-bond donors (Lipinski definition) is 0. The van der Waals surface area contributed by atoms with Gasteiger partial charge in [-0.3, -0.25) is 9.36 Å². The van der Waals surface area contributed by atoms with Crippen LogP contribution >= 0.6 is 11.3 Å². The van der Waals surface area contributed by atoms with Crippen molar-refractivity contribution in [3.8, 4) is 5.75 Å². The lowest BCUT2D eigenvalue weighted by Gasteiger charge is -2.24. The first-order chi connectivity index (χ1) is 19.5. The molecule has 0 unspecified atom stereocenters. The minimum absolute atomic E-state index is 0.200. The topological polar surface area (TPSA) is 69.9 Å². The molecule has 200 valence electrons. The summed E-state index contributed by atoms with van der Waals surface area (Å²) in [7, 11) is 0. The predicted octanol–water partition coefficient (Wildman–Crippen LogP) is 5.50. The number of carbonyl (C=O) groups is 1. The Balaban J connectivity index is 1.60. The molecule has 0 bridgehead atoms. The van der Waals surface area contributed by atoms with Crippen LogP contribution in [-0.4, -0.2) is 23.8 Å². The molecule has 0 saturated heterocycles. The van der Waals surface area contributed by atoms with Gasteiger partial charge in [-0.1, -0.05) is 72.0 Å². The van der Waals surface area contributed by atoms with Gasteiger partial charge in [-0.2, -0.15) is 0 Å². The summed E-state index contributed by atoms with van der Waals surface area (Å²) in [5, 5.41) is 4.35. The molecular formula is C33H28N2O4S. The quantitative estimate of drug-likeness (QED) is 0.208. The molecule has 1 aliphatic heterocycles. The van der Waals surface area contributed by atoms with Crippen LogP contribution in [0.15, 0.2) is 99.9 Å². The van der Waals surface area contributed by atoms with Gasteiger partial charge in [0.2, 0.25) is 0 Å². The fourth-order valence-electron chi connectivity index (χ4n) is 5.36. The van der Waals surface area contributed by atoms with Crippen LogP contribution in [0.2, 0.25) is 0 Å². The molecule has 6 nitrogen and oxygen atoms in total. The number of allylic oxidation sites excluding steroid dienone is 1. The molecule has 5 aromatic rings. The van der Waals surface area contributed by atoms with Crippen LogP contribution in [0.1, 0.15) is 37.9 Å². The summed E-state index contributed by atoms with van der Waals surface area (Å²) < 4.78 is 13.2. The highest BCUT2D eigenvalue weighted by molar-refractivity contribution is 7.07. The maximum absolute atomic E-state index is 14.2. The van der Waals surface area contributed by atoms with E-state index in [1.165, 1.54) is 11.3 Å². The number of ether oxygens (including phenoxy) is 2. The molecule has 1 aliphatic rings. The third kappa shape index (κ3) is 4.42. The fourth-order valence-corrected chi connectivity index (χ4v) is 6.38. The summed E-state index contributed by atoms with van der Waals surface area (Å²) in [6, 6.07) is 25.4. The van der Waals surface area contributed by atoms with Gasteiger partial charge in [0.25, 0.3) is 5.56 Å². The van der Waals surface area contributed by atoms with Gasteiger partial charge in [-0.25, -0.2) is 9.79 Å². The Morgan fingerprint density at radius 2 is 1.60 bits per heavy atom. The lowest BCUT2D eigenvalue weighted by Crippen LogP contribution is -2.39. The first-order valence-electron chi connectivity index (χ1n) is 13.3. The predicted molar refractivity (Wildman–Crippen MR) is 159 cm³/mol. The zero-order valence-corrected chi connectivity index (χ0v) is 23.3. The van der Waals surface area contributed by atoms with Crippen LogP contribution in [0.3, 0.4) is 0 Å². The smallest absolute Gasteiger partial charge is 0.338 e. The van der Waals surface area contributed by atoms with Gasteiger partial charge in [-0.15, -0.1) is 0 Å². The number of fused-ring (bicyclic) bond motifs is 3. The van der Waals surface area contributed by atoms with Crippen molar-refractivity contribution in [2.24, 2.45) is 4.99 Å². The minimum atomic E-state index is -0.669. The van der Waals surface area contributed by atoms with Crippen LogP contribution in [0.4, 0.5) is 0 Å². The van der Waals surface area contributed by atoms with Crippen molar-refractivity contribution in [1.29, 1.82) is 0 Å². The van der Waals surface area contributed by atoms with E-state index in [4.69, 9.17) is 14.5 Å². The van der Waals surface area contributed by atoms with Crippen molar-refractivity contribution in [3.63, 3.8) is 0 Å². The zero-order valence-electron chi connectivity index (χ0n) is 22.5. The molecule has 0 N–H and O–H groups in total. The first-order valence-corrected chi connectivity index (χ1v) is 14.1. The van der Waals surface area contributed by atoms with E-state index in [9.17, 15) is 9.59 Å². The Labute approximate surface area is 235 Å². The van der Waals surface area contributed by atoms with Gasteiger partial charge in [0.05, 0.1) is 35.1 Å². The molecule has 2 heterocycles. The highest BCUT2D eigenvalue weighted by Crippen LogP contribution is 2.32. The molecule has 4 aromatic carbocycles. The Hall–Kier alpha value is -4.49. The van der Waals surface area contributed by atoms with Crippen LogP contribution in [-0.2, 0) is 9.53 Å². The van der Waals surface area contributed by atoms with E-state index in [-0.39, 0.29) is 12.2 Å². The van der Waals surface area contributed by atoms with Gasteiger partial charge in [0.1, 0.15) is 5.75 Å². The lowest BCUT2D eigenvalue weighted by molar-refractivity contribution is -0.139. The number of carbonyl (C=O) groups excluding carboxylic acids is 1. The number of hydrogen-bond acceptors (Lipinski definition) is 6. The summed E-state index contributed by atoms with van der Waals surface area (Å²) >= 11 is 1.33. The average molecular weight is 549 g/mol. The lowest BCUT2D eigenvalue weighted by atomic mass is 9.95. The van der Waals surface area contributed by atoms with Crippen molar-refractivity contribution in [2.75, 3.05) is 13.2 Å². The summed E-state index contributed by atoms with van der Waals surface area (Å²) in [5.74, 6) is 0.247. The van der Waals surface area contributed by atoms with E-state index in [0.717, 1.165) is 38.4 Å². The zero-order chi connectivity index (χ0) is 27.8. The normalized spacial score (nSPS) is 15.3. The number of nitrogens with zero attached hydrogens (tertiary/aromatic N) is 2. The molecule has 1 atom stereocenters. The molecule has 0 aliphatic carbocycles. The highest BCUT2D eigenvalue weighted by atomic mass is 32.1. The second-order valence-electron chi connectivity index (χ2n) is 9.54. The summed E-state index contributed by atoms with van der Waals surface area (Å²) in [6.07, 6.45) is 1.97. The molecule has 6 rings (SSSR count). The standard InChI is InChI=1S/C33H28N2O4S/c1-4-38-24-16-14-21(15-17-24)30-29(32(37)39-5-2)20(3)34-33-35(30)31(36)28(40-33)19-27-25-12-8-6-10-22(25)18-23-11-7-9-13-26(23)27/h6-19,30H,4-5H2,1-3H3/b28-19-/t30-/m0/s1. The van der Waals surface area contributed by atoms with Crippen LogP contribution in [0.5, 0.6) is 5.75 Å². The van der Waals surface area contributed by atoms with E-state index in [1.807, 2.05) is 61.5 Å². The van der Waals surface area contributed by atoms with Crippen LogP contribution < -0.4 is 19.6 Å². The Kier molecular flexibility index (Phi) is 6.82. The maximum atomic E-state index is 14.2. The third-order valence-electron chi connectivity index (χ3n) is 7.11. The summed E-state index contributed by atoms with van der Waals surface area (Å²) in [6.45, 7) is 6.26. The molecular weight excluding hydrogens is 520 g/mol. The van der Waals surface area contributed by atoms with E-state index in [1.54, 1.807) is 18.4 Å². The summed E-state index contributed by atoms with van der Waals surface area (Å²) in [5.41, 5.74) is 2.47. The van der Waals surface area contributed by atoms with Gasteiger partial charge in [-0.05, 0) is 77.7 Å². The first kappa shape index (κ1) is 25.8. The van der Waals surface area contributed by atoms with Crippen molar-refractivity contribution < 1.29 is 14.3 Å². The van der Waals surface area contributed by atoms with E-state index >= 15 is 0 Å².